The molecule has 2 N–H and O–H groups in total. The first kappa shape index (κ1) is 27.5. The molecule has 0 radical (unpaired) electrons. The molecule has 0 saturated carbocycles. The van der Waals surface area contributed by atoms with Gasteiger partial charge in [0.1, 0.15) is 5.75 Å². The Hall–Kier alpha value is -4.53. The summed E-state index contributed by atoms with van der Waals surface area (Å²) < 4.78 is 28.0. The quantitative estimate of drug-likeness (QED) is 0.394. The Morgan fingerprint density at radius 3 is 2.23 bits per heavy atom. The van der Waals surface area contributed by atoms with Gasteiger partial charge in [-0.05, 0) is 84.5 Å². The van der Waals surface area contributed by atoms with Gasteiger partial charge in [-0.25, -0.2) is 0 Å². The summed E-state index contributed by atoms with van der Waals surface area (Å²) >= 11 is 0. The van der Waals surface area contributed by atoms with E-state index in [0.29, 0.717) is 52.7 Å². The van der Waals surface area contributed by atoms with Crippen molar-refractivity contribution in [3.05, 3.63) is 75.4 Å². The predicted octanol–water partition coefficient (Wildman–Crippen LogP) is 4.32. The molecule has 0 spiro atoms. The first-order valence-corrected chi connectivity index (χ1v) is 12.4. The number of carbonyl (C=O) groups excluding carboxylic acids is 1. The monoisotopic (exact) mass is 532 g/mol. The van der Waals surface area contributed by atoms with Gasteiger partial charge in [0.15, 0.2) is 23.9 Å². The fourth-order valence-electron chi connectivity index (χ4n) is 4.80. The average Bonchev–Trinajstić information content (AvgIpc) is 3.19. The zero-order valence-corrected chi connectivity index (χ0v) is 22.7. The van der Waals surface area contributed by atoms with Crippen LogP contribution in [0.5, 0.6) is 28.7 Å². The van der Waals surface area contributed by atoms with Gasteiger partial charge in [-0.15, -0.1) is 0 Å². The maximum Gasteiger partial charge on any atom is 0.258 e. The number of aryl methyl sites for hydroxylation is 1. The summed E-state index contributed by atoms with van der Waals surface area (Å²) in [6.07, 6.45) is 1.09. The van der Waals surface area contributed by atoms with Gasteiger partial charge < -0.3 is 34.4 Å². The summed E-state index contributed by atoms with van der Waals surface area (Å²) in [5.41, 5.74) is 3.95. The van der Waals surface area contributed by atoms with Crippen LogP contribution in [-0.4, -0.2) is 46.7 Å². The van der Waals surface area contributed by atoms with Crippen LogP contribution in [0.2, 0.25) is 0 Å². The molecule has 204 valence electrons. The third-order valence-corrected chi connectivity index (χ3v) is 6.71. The summed E-state index contributed by atoms with van der Waals surface area (Å²) in [6, 6.07) is 13.3. The van der Waals surface area contributed by atoms with Gasteiger partial charge in [0, 0.05) is 11.3 Å². The van der Waals surface area contributed by atoms with Crippen LogP contribution < -0.4 is 34.4 Å². The van der Waals surface area contributed by atoms with Crippen molar-refractivity contribution in [3.8, 4) is 39.9 Å². The van der Waals surface area contributed by atoms with E-state index in [1.54, 1.807) is 57.5 Å². The number of hydrogen-bond acceptors (Lipinski definition) is 8. The largest absolute Gasteiger partial charge is 0.493 e. The van der Waals surface area contributed by atoms with Gasteiger partial charge in [0.2, 0.25) is 11.2 Å². The van der Waals surface area contributed by atoms with E-state index in [4.69, 9.17) is 29.1 Å². The van der Waals surface area contributed by atoms with E-state index in [-0.39, 0.29) is 23.7 Å². The standard InChI is InChI=1S/C30H32N2O7/c1-17(31)18-6-9-20(10-7-18)39-16-27(34)32-23-12-8-19-14-26(36-3)29(37-4)30(38-5)28(19)21-11-13-25(35-2)24(33)15-22(21)23/h6-7,9-11,13-15,23,31H,8,12,16H2,1-5H3,(H,32,34). The number of fused-ring (bicyclic) bond motifs is 3. The normalized spacial score (nSPS) is 13.7. The Morgan fingerprint density at radius 2 is 1.62 bits per heavy atom. The van der Waals surface area contributed by atoms with Crippen LogP contribution in [0.3, 0.4) is 0 Å². The summed E-state index contributed by atoms with van der Waals surface area (Å²) in [5.74, 6) is 1.80. The Balaban J connectivity index is 1.72. The molecule has 4 rings (SSSR count). The summed E-state index contributed by atoms with van der Waals surface area (Å²) in [4.78, 5) is 26.0. The second-order valence-corrected chi connectivity index (χ2v) is 9.06. The van der Waals surface area contributed by atoms with Gasteiger partial charge >= 0.3 is 0 Å². The zero-order chi connectivity index (χ0) is 28.1. The first-order chi connectivity index (χ1) is 18.8. The fourth-order valence-corrected chi connectivity index (χ4v) is 4.80. The Bertz CT molecular complexity index is 1450. The van der Waals surface area contributed by atoms with E-state index < -0.39 is 6.04 Å². The van der Waals surface area contributed by atoms with Gasteiger partial charge in [-0.3, -0.25) is 9.59 Å². The number of carbonyl (C=O) groups is 1. The molecule has 9 nitrogen and oxygen atoms in total. The average molecular weight is 533 g/mol. The zero-order valence-electron chi connectivity index (χ0n) is 22.7. The van der Waals surface area contributed by atoms with Gasteiger partial charge in [-0.1, -0.05) is 6.07 Å². The van der Waals surface area contributed by atoms with E-state index in [0.717, 1.165) is 16.7 Å². The predicted molar refractivity (Wildman–Crippen MR) is 148 cm³/mol. The molecule has 1 aliphatic carbocycles. The molecule has 0 aromatic heterocycles. The molecule has 3 aromatic carbocycles. The number of hydrogen-bond donors (Lipinski definition) is 2. The van der Waals surface area contributed by atoms with Crippen LogP contribution in [0.15, 0.2) is 53.3 Å². The third kappa shape index (κ3) is 5.67. The highest BCUT2D eigenvalue weighted by Gasteiger charge is 2.30. The fraction of sp³-hybridized carbons (Fsp3) is 0.300. The second kappa shape index (κ2) is 11.9. The molecule has 0 saturated heterocycles. The van der Waals surface area contributed by atoms with E-state index >= 15 is 0 Å². The maximum atomic E-state index is 13.0. The lowest BCUT2D eigenvalue weighted by Gasteiger charge is -2.20. The van der Waals surface area contributed by atoms with Crippen molar-refractivity contribution in [1.29, 1.82) is 5.41 Å². The smallest absolute Gasteiger partial charge is 0.258 e. The van der Waals surface area contributed by atoms with Crippen LogP contribution in [0.25, 0.3) is 11.1 Å². The minimum atomic E-state index is -0.488. The highest BCUT2D eigenvalue weighted by molar-refractivity contribution is 5.96. The first-order valence-electron chi connectivity index (χ1n) is 12.4. The third-order valence-electron chi connectivity index (χ3n) is 6.71. The van der Waals surface area contributed by atoms with Crippen molar-refractivity contribution >= 4 is 11.6 Å². The highest BCUT2D eigenvalue weighted by atomic mass is 16.5. The van der Waals surface area contributed by atoms with E-state index in [2.05, 4.69) is 5.32 Å². The minimum absolute atomic E-state index is 0.182. The summed E-state index contributed by atoms with van der Waals surface area (Å²) in [5, 5.41) is 10.8. The van der Waals surface area contributed by atoms with E-state index in [9.17, 15) is 9.59 Å². The van der Waals surface area contributed by atoms with Crippen LogP contribution >= 0.6 is 0 Å². The molecule has 3 aromatic rings. The molecule has 1 amide bonds. The number of ether oxygens (including phenoxy) is 5. The van der Waals surface area contributed by atoms with Crippen molar-refractivity contribution in [2.75, 3.05) is 35.0 Å². The van der Waals surface area contributed by atoms with Gasteiger partial charge in [0.25, 0.3) is 5.91 Å². The summed E-state index contributed by atoms with van der Waals surface area (Å²) in [7, 11) is 6.09. The molecule has 0 heterocycles. The SMILES string of the molecule is COc1cc2c(c(OC)c1OC)-c1ccc(OC)c(=O)cc1C(NC(=O)COc1ccc(C(C)=N)cc1)CC2. The van der Waals surface area contributed by atoms with E-state index in [1.165, 1.54) is 20.3 Å². The highest BCUT2D eigenvalue weighted by Crippen LogP contribution is 2.50. The van der Waals surface area contributed by atoms with Crippen LogP contribution in [0.1, 0.15) is 36.1 Å². The molecule has 1 atom stereocenters. The number of nitrogens with one attached hydrogen (secondary N) is 2. The molecule has 0 aliphatic heterocycles. The minimum Gasteiger partial charge on any atom is -0.493 e. The lowest BCUT2D eigenvalue weighted by molar-refractivity contribution is -0.123. The van der Waals surface area contributed by atoms with Crippen LogP contribution in [0.4, 0.5) is 0 Å². The van der Waals surface area contributed by atoms with Crippen molar-refractivity contribution in [3.63, 3.8) is 0 Å². The second-order valence-electron chi connectivity index (χ2n) is 9.06. The van der Waals surface area contributed by atoms with Crippen molar-refractivity contribution in [1.82, 2.24) is 5.32 Å². The van der Waals surface area contributed by atoms with Gasteiger partial charge in [0.05, 0.1) is 34.5 Å². The van der Waals surface area contributed by atoms with Gasteiger partial charge in [-0.2, -0.15) is 0 Å². The maximum absolute atomic E-state index is 13.0. The molecule has 0 fully saturated rings. The molecular formula is C30H32N2O7. The van der Waals surface area contributed by atoms with Crippen molar-refractivity contribution < 1.29 is 28.5 Å². The molecule has 39 heavy (non-hydrogen) atoms. The molecule has 0 bridgehead atoms. The molecule has 1 unspecified atom stereocenters. The number of benzene rings is 2. The molecule has 1 aliphatic rings. The number of amides is 1. The molecular weight excluding hydrogens is 500 g/mol. The summed E-state index contributed by atoms with van der Waals surface area (Å²) in [6.45, 7) is 1.50. The lowest BCUT2D eigenvalue weighted by atomic mass is 9.95. The topological polar surface area (TPSA) is 116 Å². The van der Waals surface area contributed by atoms with Crippen molar-refractivity contribution in [2.45, 2.75) is 25.8 Å². The molecule has 9 heteroatoms. The van der Waals surface area contributed by atoms with Crippen molar-refractivity contribution in [2.24, 2.45) is 0 Å². The van der Waals surface area contributed by atoms with Crippen LogP contribution in [0, 0.1) is 5.41 Å². The Kier molecular flexibility index (Phi) is 8.39. The van der Waals surface area contributed by atoms with Crippen LogP contribution in [-0.2, 0) is 11.2 Å². The number of rotatable bonds is 9. The lowest BCUT2D eigenvalue weighted by Crippen LogP contribution is -2.33. The Morgan fingerprint density at radius 1 is 0.923 bits per heavy atom. The Labute approximate surface area is 227 Å². The van der Waals surface area contributed by atoms with E-state index in [1.807, 2.05) is 6.07 Å². The number of methoxy groups -OCH3 is 4.